The molecule has 150 valence electrons. The Labute approximate surface area is 178 Å². The first-order valence-corrected chi connectivity index (χ1v) is 11.8. The number of hydrogen-bond donors (Lipinski definition) is 1. The normalized spacial score (nSPS) is 16.5. The van der Waals surface area contributed by atoms with Crippen LogP contribution in [0.15, 0.2) is 35.7 Å². The van der Waals surface area contributed by atoms with Crippen molar-refractivity contribution in [2.45, 2.75) is 25.7 Å². The first kappa shape index (κ1) is 18.8. The summed E-state index contributed by atoms with van der Waals surface area (Å²) in [7, 11) is 0. The van der Waals surface area contributed by atoms with Gasteiger partial charge in [-0.25, -0.2) is 4.98 Å². The molecular formula is C22H23N3O2S2. The number of nitrogens with zero attached hydrogens (tertiary/aromatic N) is 2. The van der Waals surface area contributed by atoms with Gasteiger partial charge in [-0.3, -0.25) is 4.79 Å². The van der Waals surface area contributed by atoms with Crippen LogP contribution < -0.4 is 10.2 Å². The fourth-order valence-corrected chi connectivity index (χ4v) is 5.85. The number of benzene rings is 1. The molecule has 0 atom stereocenters. The second-order valence-electron chi connectivity index (χ2n) is 7.41. The number of rotatable bonds is 4. The second-order valence-corrected chi connectivity index (χ2v) is 9.39. The van der Waals surface area contributed by atoms with E-state index < -0.39 is 0 Å². The van der Waals surface area contributed by atoms with E-state index in [1.165, 1.54) is 23.3 Å². The van der Waals surface area contributed by atoms with Crippen molar-refractivity contribution in [2.24, 2.45) is 0 Å². The predicted octanol–water partition coefficient (Wildman–Crippen LogP) is 4.84. The molecule has 1 N–H and O–H groups in total. The zero-order chi connectivity index (χ0) is 19.6. The van der Waals surface area contributed by atoms with Crippen molar-refractivity contribution in [1.82, 2.24) is 4.98 Å². The summed E-state index contributed by atoms with van der Waals surface area (Å²) in [5, 5.41) is 6.17. The highest BCUT2D eigenvalue weighted by atomic mass is 32.1. The standard InChI is InChI=1S/C22H23N3O2S2/c26-21(20-13-16-3-1-2-4-19(16)29-20)23-17-7-5-15(6-8-17)18-14-28-22(24-18)25-9-11-27-12-10-25/h5-8,13-14H,1-4,9-12H2,(H,23,26). The van der Waals surface area contributed by atoms with Crippen LogP contribution in [0.4, 0.5) is 10.8 Å². The van der Waals surface area contributed by atoms with E-state index >= 15 is 0 Å². The maximum atomic E-state index is 12.6. The van der Waals surface area contributed by atoms with Crippen molar-refractivity contribution in [3.63, 3.8) is 0 Å². The Morgan fingerprint density at radius 3 is 2.69 bits per heavy atom. The summed E-state index contributed by atoms with van der Waals surface area (Å²) < 4.78 is 5.41. The molecule has 2 aliphatic rings. The summed E-state index contributed by atoms with van der Waals surface area (Å²) in [6.07, 6.45) is 4.69. The van der Waals surface area contributed by atoms with Crippen LogP contribution in [0.2, 0.25) is 0 Å². The highest BCUT2D eigenvalue weighted by Crippen LogP contribution is 2.31. The van der Waals surface area contributed by atoms with Crippen molar-refractivity contribution >= 4 is 39.4 Å². The maximum Gasteiger partial charge on any atom is 0.265 e. The topological polar surface area (TPSA) is 54.5 Å². The molecule has 1 aliphatic carbocycles. The smallest absolute Gasteiger partial charge is 0.265 e. The van der Waals surface area contributed by atoms with Crippen LogP contribution in [-0.4, -0.2) is 37.2 Å². The minimum Gasteiger partial charge on any atom is -0.378 e. The van der Waals surface area contributed by atoms with Crippen LogP contribution in [0.5, 0.6) is 0 Å². The fraction of sp³-hybridized carbons (Fsp3) is 0.364. The molecule has 0 spiro atoms. The number of morpholine rings is 1. The van der Waals surface area contributed by atoms with Gasteiger partial charge in [0.15, 0.2) is 5.13 Å². The lowest BCUT2D eigenvalue weighted by Gasteiger charge is -2.26. The molecule has 0 unspecified atom stereocenters. The molecule has 1 aliphatic heterocycles. The second kappa shape index (κ2) is 8.26. The van der Waals surface area contributed by atoms with E-state index in [0.29, 0.717) is 0 Å². The molecule has 5 rings (SSSR count). The zero-order valence-electron chi connectivity index (χ0n) is 16.1. The number of hydrogen-bond acceptors (Lipinski definition) is 6. The van der Waals surface area contributed by atoms with E-state index in [4.69, 9.17) is 9.72 Å². The quantitative estimate of drug-likeness (QED) is 0.650. The van der Waals surface area contributed by atoms with Gasteiger partial charge in [0, 0.05) is 34.6 Å². The SMILES string of the molecule is O=C(Nc1ccc(-c2csc(N3CCOCC3)n2)cc1)c1cc2c(s1)CCCC2. The Morgan fingerprint density at radius 1 is 1.10 bits per heavy atom. The molecule has 3 heterocycles. The fourth-order valence-electron chi connectivity index (χ4n) is 3.82. The van der Waals surface area contributed by atoms with Crippen LogP contribution in [0.1, 0.15) is 33.0 Å². The molecule has 0 radical (unpaired) electrons. The lowest BCUT2D eigenvalue weighted by Crippen LogP contribution is -2.36. The Bertz CT molecular complexity index is 980. The van der Waals surface area contributed by atoms with Gasteiger partial charge in [0.25, 0.3) is 5.91 Å². The first-order chi connectivity index (χ1) is 14.3. The number of carbonyl (C=O) groups is 1. The van der Waals surface area contributed by atoms with E-state index in [1.807, 2.05) is 24.3 Å². The van der Waals surface area contributed by atoms with Crippen LogP contribution in [0.3, 0.4) is 0 Å². The van der Waals surface area contributed by atoms with Gasteiger partial charge < -0.3 is 15.0 Å². The van der Waals surface area contributed by atoms with Crippen molar-refractivity contribution in [2.75, 3.05) is 36.5 Å². The largest absolute Gasteiger partial charge is 0.378 e. The van der Waals surface area contributed by atoms with Crippen LogP contribution >= 0.6 is 22.7 Å². The van der Waals surface area contributed by atoms with E-state index in [-0.39, 0.29) is 5.91 Å². The Balaban J connectivity index is 1.26. The van der Waals surface area contributed by atoms with Gasteiger partial charge in [0.1, 0.15) is 0 Å². The van der Waals surface area contributed by atoms with Gasteiger partial charge in [0.2, 0.25) is 0 Å². The highest BCUT2D eigenvalue weighted by molar-refractivity contribution is 7.14. The number of ether oxygens (including phenoxy) is 1. The van der Waals surface area contributed by atoms with Gasteiger partial charge in [-0.1, -0.05) is 12.1 Å². The maximum absolute atomic E-state index is 12.6. The average molecular weight is 426 g/mol. The lowest BCUT2D eigenvalue weighted by molar-refractivity contribution is 0.103. The summed E-state index contributed by atoms with van der Waals surface area (Å²) in [5.41, 5.74) is 4.21. The lowest BCUT2D eigenvalue weighted by atomic mass is 9.99. The average Bonchev–Trinajstić information content (AvgIpc) is 3.42. The molecule has 3 aromatic rings. The van der Waals surface area contributed by atoms with Crippen LogP contribution in [0, 0.1) is 0 Å². The van der Waals surface area contributed by atoms with E-state index in [0.717, 1.165) is 66.1 Å². The molecule has 7 heteroatoms. The van der Waals surface area contributed by atoms with Gasteiger partial charge in [-0.2, -0.15) is 0 Å². The molecule has 2 aromatic heterocycles. The zero-order valence-corrected chi connectivity index (χ0v) is 17.8. The Hall–Kier alpha value is -2.22. The number of nitrogens with one attached hydrogen (secondary N) is 1. The number of aryl methyl sites for hydroxylation is 2. The Kier molecular flexibility index (Phi) is 5.35. The summed E-state index contributed by atoms with van der Waals surface area (Å²) in [5.74, 6) is -0.0135. The monoisotopic (exact) mass is 425 g/mol. The predicted molar refractivity (Wildman–Crippen MR) is 119 cm³/mol. The molecular weight excluding hydrogens is 402 g/mol. The number of amides is 1. The van der Waals surface area contributed by atoms with E-state index in [9.17, 15) is 4.79 Å². The third-order valence-corrected chi connectivity index (χ3v) is 7.57. The van der Waals surface area contributed by atoms with E-state index in [2.05, 4.69) is 21.7 Å². The van der Waals surface area contributed by atoms with Crippen LogP contribution in [0.25, 0.3) is 11.3 Å². The molecule has 1 amide bonds. The summed E-state index contributed by atoms with van der Waals surface area (Å²) in [6, 6.07) is 10.0. The third-order valence-electron chi connectivity index (χ3n) is 5.43. The number of anilines is 2. The molecule has 1 saturated heterocycles. The van der Waals surface area contributed by atoms with Gasteiger partial charge in [-0.15, -0.1) is 22.7 Å². The molecule has 0 saturated carbocycles. The number of aromatic nitrogens is 1. The Morgan fingerprint density at radius 2 is 1.90 bits per heavy atom. The van der Waals surface area contributed by atoms with Crippen molar-refractivity contribution in [1.29, 1.82) is 0 Å². The van der Waals surface area contributed by atoms with Crippen molar-refractivity contribution < 1.29 is 9.53 Å². The number of carbonyl (C=O) groups excluding carboxylic acids is 1. The first-order valence-electron chi connectivity index (χ1n) is 10.1. The molecule has 5 nitrogen and oxygen atoms in total. The van der Waals surface area contributed by atoms with Crippen molar-refractivity contribution in [3.05, 3.63) is 51.0 Å². The minimum absolute atomic E-state index is 0.0135. The van der Waals surface area contributed by atoms with Gasteiger partial charge in [0.05, 0.1) is 23.8 Å². The molecule has 29 heavy (non-hydrogen) atoms. The van der Waals surface area contributed by atoms with E-state index in [1.54, 1.807) is 22.7 Å². The minimum atomic E-state index is -0.0135. The third kappa shape index (κ3) is 4.08. The summed E-state index contributed by atoms with van der Waals surface area (Å²) in [4.78, 5) is 21.9. The summed E-state index contributed by atoms with van der Waals surface area (Å²) in [6.45, 7) is 3.31. The number of thiophene rings is 1. The van der Waals surface area contributed by atoms with Crippen LogP contribution in [-0.2, 0) is 17.6 Å². The molecule has 0 bridgehead atoms. The number of thiazole rings is 1. The van der Waals surface area contributed by atoms with Crippen molar-refractivity contribution in [3.8, 4) is 11.3 Å². The van der Waals surface area contributed by atoms with Gasteiger partial charge in [-0.05, 0) is 49.4 Å². The number of fused-ring (bicyclic) bond motifs is 1. The highest BCUT2D eigenvalue weighted by Gasteiger charge is 2.18. The van der Waals surface area contributed by atoms with Gasteiger partial charge >= 0.3 is 0 Å². The molecule has 1 fully saturated rings. The molecule has 1 aromatic carbocycles. The summed E-state index contributed by atoms with van der Waals surface area (Å²) >= 11 is 3.31.